The highest BCUT2D eigenvalue weighted by molar-refractivity contribution is 5.83. The van der Waals surface area contributed by atoms with Gasteiger partial charge in [-0.25, -0.2) is 9.59 Å². The Kier molecular flexibility index (Phi) is 5.60. The molecule has 0 radical (unpaired) electrons. The Balaban J connectivity index is 2.49. The predicted octanol–water partition coefficient (Wildman–Crippen LogP) is 0.735. The molecule has 2 amide bonds. The fraction of sp³-hybridized carbons (Fsp3) is 0.846. The molecule has 6 heteroatoms. The predicted molar refractivity (Wildman–Crippen MR) is 73.0 cm³/mol. The van der Waals surface area contributed by atoms with Gasteiger partial charge in [0.25, 0.3) is 0 Å². The molecule has 1 rings (SSSR count). The molecule has 1 fully saturated rings. The van der Waals surface area contributed by atoms with Gasteiger partial charge in [0.05, 0.1) is 0 Å². The molecule has 0 saturated heterocycles. The Bertz CT molecular complexity index is 327. The first-order valence-corrected chi connectivity index (χ1v) is 6.75. The van der Waals surface area contributed by atoms with Crippen molar-refractivity contribution in [2.45, 2.75) is 38.8 Å². The molecule has 3 N–H and O–H groups in total. The van der Waals surface area contributed by atoms with Crippen molar-refractivity contribution in [3.05, 3.63) is 0 Å². The first-order valence-electron chi connectivity index (χ1n) is 6.75. The van der Waals surface area contributed by atoms with Gasteiger partial charge < -0.3 is 20.6 Å². The van der Waals surface area contributed by atoms with Crippen molar-refractivity contribution in [3.63, 3.8) is 0 Å². The second-order valence-electron chi connectivity index (χ2n) is 5.88. The number of carboxylic acid groups (broad SMARTS) is 1. The van der Waals surface area contributed by atoms with E-state index in [0.29, 0.717) is 0 Å². The lowest BCUT2D eigenvalue weighted by Gasteiger charge is -2.26. The van der Waals surface area contributed by atoms with E-state index in [-0.39, 0.29) is 23.9 Å². The SMILES string of the molecule is CC(C)C(CN(C)C)NC(=O)NC(C(=O)O)C1CC1. The molecule has 0 aliphatic heterocycles. The van der Waals surface area contributed by atoms with Gasteiger partial charge in [0, 0.05) is 12.6 Å². The Morgan fingerprint density at radius 1 is 1.26 bits per heavy atom. The quantitative estimate of drug-likeness (QED) is 0.638. The van der Waals surface area contributed by atoms with Crippen LogP contribution in [0, 0.1) is 11.8 Å². The summed E-state index contributed by atoms with van der Waals surface area (Å²) in [6.45, 7) is 4.79. The van der Waals surface area contributed by atoms with Gasteiger partial charge in [0.1, 0.15) is 6.04 Å². The van der Waals surface area contributed by atoms with Crippen molar-refractivity contribution in [2.24, 2.45) is 11.8 Å². The van der Waals surface area contributed by atoms with E-state index in [1.165, 1.54) is 0 Å². The highest BCUT2D eigenvalue weighted by atomic mass is 16.4. The van der Waals surface area contributed by atoms with Crippen molar-refractivity contribution in [2.75, 3.05) is 20.6 Å². The van der Waals surface area contributed by atoms with E-state index in [4.69, 9.17) is 5.11 Å². The molecule has 19 heavy (non-hydrogen) atoms. The first kappa shape index (κ1) is 15.8. The van der Waals surface area contributed by atoms with Gasteiger partial charge in [-0.15, -0.1) is 0 Å². The largest absolute Gasteiger partial charge is 0.480 e. The molecule has 0 aromatic carbocycles. The second kappa shape index (κ2) is 6.75. The van der Waals surface area contributed by atoms with Gasteiger partial charge in [0.15, 0.2) is 0 Å². The molecule has 6 nitrogen and oxygen atoms in total. The molecule has 2 unspecified atom stereocenters. The van der Waals surface area contributed by atoms with E-state index < -0.39 is 12.0 Å². The van der Waals surface area contributed by atoms with Gasteiger partial charge in [-0.3, -0.25) is 0 Å². The fourth-order valence-corrected chi connectivity index (χ4v) is 1.98. The summed E-state index contributed by atoms with van der Waals surface area (Å²) in [5, 5.41) is 14.5. The lowest BCUT2D eigenvalue weighted by Crippen LogP contribution is -2.53. The minimum Gasteiger partial charge on any atom is -0.480 e. The Labute approximate surface area is 114 Å². The highest BCUT2D eigenvalue weighted by Gasteiger charge is 2.37. The Morgan fingerprint density at radius 2 is 1.84 bits per heavy atom. The molecule has 1 aliphatic rings. The van der Waals surface area contributed by atoms with E-state index in [1.807, 2.05) is 32.8 Å². The maximum absolute atomic E-state index is 11.9. The van der Waals surface area contributed by atoms with Crippen LogP contribution in [0.4, 0.5) is 4.79 Å². The fourth-order valence-electron chi connectivity index (χ4n) is 1.98. The highest BCUT2D eigenvalue weighted by Crippen LogP contribution is 2.32. The van der Waals surface area contributed by atoms with Gasteiger partial charge >= 0.3 is 12.0 Å². The summed E-state index contributed by atoms with van der Waals surface area (Å²) >= 11 is 0. The smallest absolute Gasteiger partial charge is 0.326 e. The lowest BCUT2D eigenvalue weighted by atomic mass is 10.0. The van der Waals surface area contributed by atoms with Gasteiger partial charge in [0.2, 0.25) is 0 Å². The van der Waals surface area contributed by atoms with Crippen LogP contribution in [0.2, 0.25) is 0 Å². The number of carbonyl (C=O) groups excluding carboxylic acids is 1. The van der Waals surface area contributed by atoms with Crippen molar-refractivity contribution < 1.29 is 14.7 Å². The van der Waals surface area contributed by atoms with Gasteiger partial charge in [-0.1, -0.05) is 13.8 Å². The molecule has 2 atom stereocenters. The van der Waals surface area contributed by atoms with Crippen LogP contribution < -0.4 is 10.6 Å². The zero-order chi connectivity index (χ0) is 14.6. The molecular formula is C13H25N3O3. The number of hydrogen-bond acceptors (Lipinski definition) is 3. The first-order chi connectivity index (χ1) is 8.81. The molecule has 0 spiro atoms. The molecule has 0 bridgehead atoms. The van der Waals surface area contributed by atoms with Crippen LogP contribution in [-0.4, -0.2) is 54.7 Å². The van der Waals surface area contributed by atoms with E-state index in [9.17, 15) is 9.59 Å². The number of hydrogen-bond donors (Lipinski definition) is 3. The van der Waals surface area contributed by atoms with E-state index in [1.54, 1.807) is 0 Å². The normalized spacial score (nSPS) is 18.2. The second-order valence-corrected chi connectivity index (χ2v) is 5.88. The summed E-state index contributed by atoms with van der Waals surface area (Å²) in [6, 6.07) is -1.14. The van der Waals surface area contributed by atoms with Crippen LogP contribution in [-0.2, 0) is 4.79 Å². The molecular weight excluding hydrogens is 246 g/mol. The third-order valence-corrected chi connectivity index (χ3v) is 3.33. The van der Waals surface area contributed by atoms with Gasteiger partial charge in [-0.05, 0) is 38.8 Å². The van der Waals surface area contributed by atoms with Crippen LogP contribution in [0.1, 0.15) is 26.7 Å². The third kappa shape index (κ3) is 5.46. The number of urea groups is 1. The van der Waals surface area contributed by atoms with Crippen molar-refractivity contribution in [3.8, 4) is 0 Å². The minimum atomic E-state index is -0.952. The zero-order valence-corrected chi connectivity index (χ0v) is 12.1. The van der Waals surface area contributed by atoms with Crippen LogP contribution in [0.3, 0.4) is 0 Å². The summed E-state index contributed by atoms with van der Waals surface area (Å²) in [4.78, 5) is 24.9. The van der Waals surface area contributed by atoms with Crippen molar-refractivity contribution in [1.29, 1.82) is 0 Å². The molecule has 0 aromatic rings. The summed E-state index contributed by atoms with van der Waals surface area (Å²) in [7, 11) is 3.89. The number of nitrogens with zero attached hydrogens (tertiary/aromatic N) is 1. The molecule has 0 heterocycles. The van der Waals surface area contributed by atoms with Crippen LogP contribution in [0.25, 0.3) is 0 Å². The summed E-state index contributed by atoms with van der Waals surface area (Å²) < 4.78 is 0. The number of aliphatic carboxylic acids is 1. The van der Waals surface area contributed by atoms with E-state index in [0.717, 1.165) is 19.4 Å². The molecule has 1 saturated carbocycles. The van der Waals surface area contributed by atoms with Crippen LogP contribution >= 0.6 is 0 Å². The third-order valence-electron chi connectivity index (χ3n) is 3.33. The lowest BCUT2D eigenvalue weighted by molar-refractivity contribution is -0.139. The van der Waals surface area contributed by atoms with Crippen LogP contribution in [0.5, 0.6) is 0 Å². The van der Waals surface area contributed by atoms with Crippen molar-refractivity contribution >= 4 is 12.0 Å². The van der Waals surface area contributed by atoms with Crippen molar-refractivity contribution in [1.82, 2.24) is 15.5 Å². The number of rotatable bonds is 7. The number of amides is 2. The number of likely N-dealkylation sites (N-methyl/N-ethyl adjacent to an activating group) is 1. The minimum absolute atomic E-state index is 0.00338. The average Bonchev–Trinajstić information content (AvgIpc) is 3.07. The zero-order valence-electron chi connectivity index (χ0n) is 12.1. The maximum Gasteiger partial charge on any atom is 0.326 e. The Morgan fingerprint density at radius 3 is 2.21 bits per heavy atom. The standard InChI is InChI=1S/C13H25N3O3/c1-8(2)10(7-16(3)4)14-13(19)15-11(12(17)18)9-5-6-9/h8-11H,5-7H2,1-4H3,(H,17,18)(H2,14,15,19). The summed E-state index contributed by atoms with van der Waals surface area (Å²) in [5.41, 5.74) is 0. The molecule has 1 aliphatic carbocycles. The van der Waals surface area contributed by atoms with E-state index >= 15 is 0 Å². The summed E-state index contributed by atoms with van der Waals surface area (Å²) in [6.07, 6.45) is 1.76. The average molecular weight is 271 g/mol. The number of nitrogens with one attached hydrogen (secondary N) is 2. The monoisotopic (exact) mass is 271 g/mol. The topological polar surface area (TPSA) is 81.7 Å². The molecule has 110 valence electrons. The van der Waals surface area contributed by atoms with Gasteiger partial charge in [-0.2, -0.15) is 0 Å². The molecule has 0 aromatic heterocycles. The number of carboxylic acids is 1. The summed E-state index contributed by atoms with van der Waals surface area (Å²) in [5.74, 6) is -0.571. The van der Waals surface area contributed by atoms with E-state index in [2.05, 4.69) is 10.6 Å². The Hall–Kier alpha value is -1.30. The van der Waals surface area contributed by atoms with Crippen LogP contribution in [0.15, 0.2) is 0 Å². The number of carbonyl (C=O) groups is 2. The maximum atomic E-state index is 11.9.